The molecule has 0 atom stereocenters. The van der Waals surface area contributed by atoms with Crippen molar-refractivity contribution < 1.29 is 24.2 Å². The Labute approximate surface area is 206 Å². The van der Waals surface area contributed by atoms with Gasteiger partial charge in [0.1, 0.15) is 12.4 Å². The molecule has 2 amide bonds. The number of hydrogen-bond acceptors (Lipinski definition) is 6. The maximum absolute atomic E-state index is 12.9. The van der Waals surface area contributed by atoms with Crippen LogP contribution < -0.4 is 9.47 Å². The number of aromatic hydroxyl groups is 1. The van der Waals surface area contributed by atoms with Crippen molar-refractivity contribution in [3.05, 3.63) is 93.3 Å². The molecule has 1 saturated heterocycles. The van der Waals surface area contributed by atoms with Crippen molar-refractivity contribution in [1.82, 2.24) is 4.90 Å². The number of methoxy groups -OCH3 is 1. The lowest BCUT2D eigenvalue weighted by atomic mass is 10.0. The van der Waals surface area contributed by atoms with Crippen LogP contribution in [0, 0.1) is 0 Å². The molecule has 0 radical (unpaired) electrons. The first-order chi connectivity index (χ1) is 16.5. The number of carbonyl (C=O) groups excluding carboxylic acids is 2. The van der Waals surface area contributed by atoms with E-state index in [1.807, 2.05) is 36.4 Å². The van der Waals surface area contributed by atoms with Crippen molar-refractivity contribution in [2.75, 3.05) is 20.3 Å². The molecule has 1 fully saturated rings. The Morgan fingerprint density at radius 2 is 1.76 bits per heavy atom. The van der Waals surface area contributed by atoms with E-state index in [4.69, 9.17) is 21.1 Å². The minimum absolute atomic E-state index is 0.0224. The van der Waals surface area contributed by atoms with Gasteiger partial charge in [-0.3, -0.25) is 14.5 Å². The van der Waals surface area contributed by atoms with Crippen molar-refractivity contribution in [2.24, 2.45) is 0 Å². The van der Waals surface area contributed by atoms with Gasteiger partial charge >= 0.3 is 0 Å². The molecule has 0 aromatic heterocycles. The first-order valence-electron chi connectivity index (χ1n) is 10.5. The van der Waals surface area contributed by atoms with Crippen molar-refractivity contribution in [1.29, 1.82) is 0 Å². The molecule has 0 spiro atoms. The Kier molecular flexibility index (Phi) is 7.45. The summed E-state index contributed by atoms with van der Waals surface area (Å²) in [5, 5.41) is 10.6. The summed E-state index contributed by atoms with van der Waals surface area (Å²) in [7, 11) is 1.54. The van der Waals surface area contributed by atoms with E-state index >= 15 is 0 Å². The third kappa shape index (κ3) is 5.38. The van der Waals surface area contributed by atoms with Gasteiger partial charge in [-0.2, -0.15) is 0 Å². The van der Waals surface area contributed by atoms with E-state index in [9.17, 15) is 14.7 Å². The largest absolute Gasteiger partial charge is 0.507 e. The number of phenolic OH excluding ortho intramolecular Hbond substituents is 1. The van der Waals surface area contributed by atoms with Crippen LogP contribution in [0.3, 0.4) is 0 Å². The van der Waals surface area contributed by atoms with Gasteiger partial charge in [0, 0.05) is 10.6 Å². The molecule has 3 aromatic carbocycles. The Balaban J connectivity index is 1.46. The molecule has 1 N–H and O–H groups in total. The minimum Gasteiger partial charge on any atom is -0.507 e. The smallest absolute Gasteiger partial charge is 0.293 e. The number of para-hydroxylation sites is 2. The highest BCUT2D eigenvalue weighted by Gasteiger charge is 2.35. The van der Waals surface area contributed by atoms with E-state index in [1.165, 1.54) is 6.08 Å². The van der Waals surface area contributed by atoms with Crippen LogP contribution in [0.5, 0.6) is 17.2 Å². The summed E-state index contributed by atoms with van der Waals surface area (Å²) in [5.74, 6) is 0.709. The van der Waals surface area contributed by atoms with E-state index in [0.717, 1.165) is 27.8 Å². The van der Waals surface area contributed by atoms with Gasteiger partial charge in [0.2, 0.25) is 0 Å². The maximum atomic E-state index is 12.9. The molecule has 0 unspecified atom stereocenters. The van der Waals surface area contributed by atoms with Gasteiger partial charge in [-0.15, -0.1) is 0 Å². The maximum Gasteiger partial charge on any atom is 0.293 e. The van der Waals surface area contributed by atoms with Crippen molar-refractivity contribution in [3.8, 4) is 17.2 Å². The van der Waals surface area contributed by atoms with Crippen molar-refractivity contribution >= 4 is 40.6 Å². The van der Waals surface area contributed by atoms with Crippen LogP contribution in [0.25, 0.3) is 6.08 Å². The number of benzene rings is 3. The molecule has 1 heterocycles. The Hall–Kier alpha value is -3.42. The summed E-state index contributed by atoms with van der Waals surface area (Å²) < 4.78 is 10.9. The SMILES string of the molecule is COc1ccccc1OCCN1C(=O)S/C(=C\c2cc(Cc3ccccc3Cl)ccc2O)C1=O. The minimum atomic E-state index is -0.422. The number of carbonyl (C=O) groups is 2. The zero-order valence-electron chi connectivity index (χ0n) is 18.4. The number of hydrogen-bond donors (Lipinski definition) is 1. The van der Waals surface area contributed by atoms with Gasteiger partial charge < -0.3 is 14.6 Å². The van der Waals surface area contributed by atoms with Crippen molar-refractivity contribution in [3.63, 3.8) is 0 Å². The zero-order chi connectivity index (χ0) is 24.1. The fourth-order valence-corrected chi connectivity index (χ4v) is 4.57. The van der Waals surface area contributed by atoms with E-state index in [2.05, 4.69) is 0 Å². The van der Waals surface area contributed by atoms with Crippen LogP contribution in [0.2, 0.25) is 5.02 Å². The first-order valence-corrected chi connectivity index (χ1v) is 11.7. The standard InChI is InChI=1S/C26H22ClNO5S/c1-32-22-8-4-5-9-23(22)33-13-12-28-25(30)24(34-26(28)31)16-19-15-17(10-11-21(19)29)14-18-6-2-3-7-20(18)27/h2-11,15-16,29H,12-14H2,1H3/b24-16-. The van der Waals surface area contributed by atoms with Gasteiger partial charge in [-0.05, 0) is 65.7 Å². The van der Waals surface area contributed by atoms with Crippen LogP contribution in [0.4, 0.5) is 4.79 Å². The Bertz CT molecular complexity index is 1260. The molecular weight excluding hydrogens is 474 g/mol. The van der Waals surface area contributed by atoms with Crippen LogP contribution >= 0.6 is 23.4 Å². The van der Waals surface area contributed by atoms with Crippen LogP contribution in [0.15, 0.2) is 71.6 Å². The molecule has 3 aromatic rings. The second-order valence-electron chi connectivity index (χ2n) is 7.49. The quantitative estimate of drug-likeness (QED) is 0.400. The van der Waals surface area contributed by atoms with Crippen LogP contribution in [0.1, 0.15) is 16.7 Å². The normalized spacial score (nSPS) is 14.6. The van der Waals surface area contributed by atoms with Gasteiger partial charge in [-0.25, -0.2) is 0 Å². The number of amides is 2. The Morgan fingerprint density at radius 1 is 1.03 bits per heavy atom. The topological polar surface area (TPSA) is 76.1 Å². The predicted octanol–water partition coefficient (Wildman–Crippen LogP) is 5.76. The van der Waals surface area contributed by atoms with E-state index < -0.39 is 5.91 Å². The lowest BCUT2D eigenvalue weighted by Gasteiger charge is -2.14. The molecule has 34 heavy (non-hydrogen) atoms. The molecule has 1 aliphatic heterocycles. The van der Waals surface area contributed by atoms with Crippen LogP contribution in [-0.2, 0) is 11.2 Å². The molecule has 8 heteroatoms. The highest BCUT2D eigenvalue weighted by molar-refractivity contribution is 8.18. The number of thioether (sulfide) groups is 1. The molecule has 0 aliphatic carbocycles. The second-order valence-corrected chi connectivity index (χ2v) is 8.89. The lowest BCUT2D eigenvalue weighted by Crippen LogP contribution is -2.32. The zero-order valence-corrected chi connectivity index (χ0v) is 19.9. The highest BCUT2D eigenvalue weighted by atomic mass is 35.5. The number of ether oxygens (including phenoxy) is 2. The molecule has 0 bridgehead atoms. The summed E-state index contributed by atoms with van der Waals surface area (Å²) in [6, 6.07) is 19.9. The monoisotopic (exact) mass is 495 g/mol. The van der Waals surface area contributed by atoms with Crippen molar-refractivity contribution in [2.45, 2.75) is 6.42 Å². The van der Waals surface area contributed by atoms with Gasteiger partial charge in [0.05, 0.1) is 18.6 Å². The number of halogens is 1. The average molecular weight is 496 g/mol. The Morgan fingerprint density at radius 3 is 2.53 bits per heavy atom. The van der Waals surface area contributed by atoms with Gasteiger partial charge in [0.25, 0.3) is 11.1 Å². The summed E-state index contributed by atoms with van der Waals surface area (Å²) >= 11 is 7.10. The fraction of sp³-hybridized carbons (Fsp3) is 0.154. The highest BCUT2D eigenvalue weighted by Crippen LogP contribution is 2.34. The predicted molar refractivity (Wildman–Crippen MR) is 134 cm³/mol. The lowest BCUT2D eigenvalue weighted by molar-refractivity contribution is -0.123. The molecule has 1 aliphatic rings. The summed E-state index contributed by atoms with van der Waals surface area (Å²) in [6.07, 6.45) is 2.11. The number of imide groups is 1. The molecule has 174 valence electrons. The first kappa shape index (κ1) is 23.7. The fourth-order valence-electron chi connectivity index (χ4n) is 3.51. The third-order valence-electron chi connectivity index (χ3n) is 5.25. The van der Waals surface area contributed by atoms with E-state index in [-0.39, 0.29) is 29.0 Å². The number of rotatable bonds is 8. The summed E-state index contributed by atoms with van der Waals surface area (Å²) in [6.45, 7) is 0.225. The molecule has 4 rings (SSSR count). The number of phenols is 1. The van der Waals surface area contributed by atoms with E-state index in [1.54, 1.807) is 37.4 Å². The van der Waals surface area contributed by atoms with Gasteiger partial charge in [0.15, 0.2) is 11.5 Å². The number of nitrogens with zero attached hydrogens (tertiary/aromatic N) is 1. The summed E-state index contributed by atoms with van der Waals surface area (Å²) in [4.78, 5) is 26.7. The molecular formula is C26H22ClNO5S. The third-order valence-corrected chi connectivity index (χ3v) is 6.52. The van der Waals surface area contributed by atoms with Gasteiger partial charge in [-0.1, -0.05) is 48.0 Å². The van der Waals surface area contributed by atoms with Crippen LogP contribution in [-0.4, -0.2) is 41.4 Å². The van der Waals surface area contributed by atoms with E-state index in [0.29, 0.717) is 28.5 Å². The average Bonchev–Trinajstić information content (AvgIpc) is 3.10. The summed E-state index contributed by atoms with van der Waals surface area (Å²) in [5.41, 5.74) is 2.33. The molecule has 6 nitrogen and oxygen atoms in total. The second kappa shape index (κ2) is 10.7. The molecule has 0 saturated carbocycles.